The van der Waals surface area contributed by atoms with Gasteiger partial charge in [0.25, 0.3) is 0 Å². The molecule has 2 heterocycles. The topological polar surface area (TPSA) is 186 Å². The summed E-state index contributed by atoms with van der Waals surface area (Å²) in [5.74, 6) is -6.07. The largest absolute Gasteiger partial charge is 0.478 e. The van der Waals surface area contributed by atoms with Gasteiger partial charge in [0.05, 0.1) is 12.4 Å². The van der Waals surface area contributed by atoms with Crippen LogP contribution in [0.25, 0.3) is 0 Å². The molecule has 4 atom stereocenters. The fraction of sp³-hybridized carbons (Fsp3) is 0.560. The number of sulfonamides is 1. The first kappa shape index (κ1) is 34.0. The molecular formula is C25H34F3N3O9S. The Morgan fingerprint density at radius 3 is 2.15 bits per heavy atom. The number of alkyl carbamates (subject to hydrolysis) is 1. The predicted octanol–water partition coefficient (Wildman–Crippen LogP) is 1.63. The molecule has 41 heavy (non-hydrogen) atoms. The Bertz CT molecular complexity index is 1190. The van der Waals surface area contributed by atoms with Gasteiger partial charge in [0.1, 0.15) is 12.4 Å². The van der Waals surface area contributed by atoms with Crippen LogP contribution in [-0.2, 0) is 35.5 Å². The maximum Gasteiger partial charge on any atom is 0.407 e. The van der Waals surface area contributed by atoms with Crippen LogP contribution in [0.3, 0.4) is 0 Å². The number of aliphatic carboxylic acids is 2. The fourth-order valence-electron chi connectivity index (χ4n) is 4.92. The Hall–Kier alpha value is -3.21. The lowest BCUT2D eigenvalue weighted by Gasteiger charge is -2.40. The highest BCUT2D eigenvalue weighted by atomic mass is 32.2. The minimum Gasteiger partial charge on any atom is -0.478 e. The second kappa shape index (κ2) is 15.7. The van der Waals surface area contributed by atoms with Gasteiger partial charge in [-0.05, 0) is 49.7 Å². The Labute approximate surface area is 235 Å². The number of methoxy groups -OCH3 is 1. The van der Waals surface area contributed by atoms with Gasteiger partial charge in [-0.3, -0.25) is 0 Å². The molecule has 0 spiro atoms. The maximum atomic E-state index is 14.0. The number of benzene rings is 1. The van der Waals surface area contributed by atoms with Gasteiger partial charge in [-0.2, -0.15) is 4.31 Å². The van der Waals surface area contributed by atoms with Crippen LogP contribution >= 0.6 is 0 Å². The third kappa shape index (κ3) is 10.6. The number of fused-ring (bicyclic) bond motifs is 2. The lowest BCUT2D eigenvalue weighted by molar-refractivity contribution is -0.134. The first-order valence-electron chi connectivity index (χ1n) is 12.7. The summed E-state index contributed by atoms with van der Waals surface area (Å²) in [7, 11) is -2.15. The highest BCUT2D eigenvalue weighted by Crippen LogP contribution is 2.42. The summed E-state index contributed by atoms with van der Waals surface area (Å²) < 4.78 is 77.7. The van der Waals surface area contributed by atoms with Crippen molar-refractivity contribution in [1.82, 2.24) is 9.62 Å². The molecule has 0 saturated carbocycles. The SMILES string of the molecule is COCCOC(=O)NCCS(=O)(=O)N1[C@@H]2CC[C@H]1CC([C@H](N)Cc1cc(F)c(F)cc1F)C2.O=C(O)/C=C\C(=O)O. The van der Waals surface area contributed by atoms with E-state index in [-0.39, 0.29) is 55.5 Å². The molecule has 230 valence electrons. The van der Waals surface area contributed by atoms with E-state index in [2.05, 4.69) is 5.32 Å². The van der Waals surface area contributed by atoms with Crippen molar-refractivity contribution in [3.8, 4) is 0 Å². The van der Waals surface area contributed by atoms with E-state index >= 15 is 0 Å². The number of ether oxygens (including phenoxy) is 2. The first-order valence-corrected chi connectivity index (χ1v) is 14.3. The van der Waals surface area contributed by atoms with Gasteiger partial charge in [-0.15, -0.1) is 0 Å². The van der Waals surface area contributed by atoms with Crippen molar-refractivity contribution in [1.29, 1.82) is 0 Å². The van der Waals surface area contributed by atoms with E-state index in [1.54, 1.807) is 0 Å². The van der Waals surface area contributed by atoms with Crippen molar-refractivity contribution in [3.05, 3.63) is 47.3 Å². The fourth-order valence-corrected chi connectivity index (χ4v) is 6.78. The van der Waals surface area contributed by atoms with Crippen molar-refractivity contribution in [2.24, 2.45) is 11.7 Å². The van der Waals surface area contributed by atoms with Gasteiger partial charge in [-0.25, -0.2) is 36.0 Å². The van der Waals surface area contributed by atoms with Crippen LogP contribution in [0.5, 0.6) is 0 Å². The molecule has 1 aromatic rings. The Morgan fingerprint density at radius 1 is 1.05 bits per heavy atom. The monoisotopic (exact) mass is 609 g/mol. The molecule has 0 aliphatic carbocycles. The van der Waals surface area contributed by atoms with Crippen LogP contribution < -0.4 is 11.1 Å². The molecule has 0 radical (unpaired) electrons. The lowest BCUT2D eigenvalue weighted by Crippen LogP contribution is -2.51. The number of hydrogen-bond acceptors (Lipinski definition) is 8. The number of piperidine rings is 1. The molecule has 1 aromatic carbocycles. The van der Waals surface area contributed by atoms with Gasteiger partial charge in [0.15, 0.2) is 11.6 Å². The standard InChI is InChI=1S/C21H30F3N3O5S.C4H4O4/c1-31-5-6-32-21(28)26-4-7-33(29,30)27-15-2-3-16(27)9-14(8-15)20(25)11-13-10-18(23)19(24)12-17(13)22;5-3(6)1-2-4(7)8/h10,12,14-16,20H,2-9,11,25H2,1H3,(H,26,28);1-2H,(H,5,6)(H,7,8)/b;2-1-/t14?,15-,16+,20-;/m1./s1. The number of carboxylic acids is 2. The number of nitrogens with two attached hydrogens (primary N) is 1. The van der Waals surface area contributed by atoms with E-state index < -0.39 is 51.5 Å². The number of nitrogens with one attached hydrogen (secondary N) is 1. The lowest BCUT2D eigenvalue weighted by atomic mass is 9.83. The second-order valence-corrected chi connectivity index (χ2v) is 11.5. The Morgan fingerprint density at radius 2 is 1.61 bits per heavy atom. The number of hydrogen-bond donors (Lipinski definition) is 4. The molecule has 2 aliphatic rings. The summed E-state index contributed by atoms with van der Waals surface area (Å²) in [6.07, 6.45) is 2.85. The predicted molar refractivity (Wildman–Crippen MR) is 139 cm³/mol. The molecule has 16 heteroatoms. The molecule has 2 fully saturated rings. The smallest absolute Gasteiger partial charge is 0.407 e. The summed E-state index contributed by atoms with van der Waals surface area (Å²) in [5, 5.41) is 18.0. The molecule has 0 aromatic heterocycles. The molecule has 2 saturated heterocycles. The summed E-state index contributed by atoms with van der Waals surface area (Å²) in [4.78, 5) is 30.7. The summed E-state index contributed by atoms with van der Waals surface area (Å²) >= 11 is 0. The van der Waals surface area contributed by atoms with E-state index in [4.69, 9.17) is 25.4 Å². The van der Waals surface area contributed by atoms with Gasteiger partial charge in [0.2, 0.25) is 10.0 Å². The van der Waals surface area contributed by atoms with Crippen molar-refractivity contribution in [2.75, 3.05) is 32.6 Å². The van der Waals surface area contributed by atoms with Crippen molar-refractivity contribution in [2.45, 2.75) is 50.2 Å². The van der Waals surface area contributed by atoms with Crippen molar-refractivity contribution < 1.29 is 55.7 Å². The zero-order chi connectivity index (χ0) is 30.7. The van der Waals surface area contributed by atoms with Gasteiger partial charge >= 0.3 is 18.0 Å². The minimum absolute atomic E-state index is 0.00672. The van der Waals surface area contributed by atoms with Crippen LogP contribution in [0, 0.1) is 23.4 Å². The highest BCUT2D eigenvalue weighted by Gasteiger charge is 2.47. The number of carbonyl (C=O) groups is 3. The number of carboxylic acid groups (broad SMARTS) is 2. The van der Waals surface area contributed by atoms with Crippen LogP contribution in [0.15, 0.2) is 24.3 Å². The van der Waals surface area contributed by atoms with Crippen molar-refractivity contribution in [3.63, 3.8) is 0 Å². The number of carbonyl (C=O) groups excluding carboxylic acids is 1. The van der Waals surface area contributed by atoms with Crippen molar-refractivity contribution >= 4 is 28.1 Å². The molecule has 2 aliphatic heterocycles. The first-order chi connectivity index (χ1) is 19.2. The van der Waals surface area contributed by atoms with Crippen LogP contribution in [-0.4, -0.2) is 91.7 Å². The highest BCUT2D eigenvalue weighted by molar-refractivity contribution is 7.89. The van der Waals surface area contributed by atoms with Gasteiger partial charge < -0.3 is 30.7 Å². The van der Waals surface area contributed by atoms with E-state index in [0.717, 1.165) is 6.07 Å². The summed E-state index contributed by atoms with van der Waals surface area (Å²) in [5.41, 5.74) is 6.29. The zero-order valence-electron chi connectivity index (χ0n) is 22.3. The number of rotatable bonds is 12. The number of nitrogens with zero attached hydrogens (tertiary/aromatic N) is 1. The third-order valence-corrected chi connectivity index (χ3v) is 8.65. The quantitative estimate of drug-likeness (QED) is 0.154. The van der Waals surface area contributed by atoms with Crippen LogP contribution in [0.2, 0.25) is 0 Å². The molecule has 1 unspecified atom stereocenters. The average molecular weight is 610 g/mol. The van der Waals surface area contributed by atoms with E-state index in [1.165, 1.54) is 11.4 Å². The van der Waals surface area contributed by atoms with Gasteiger partial charge in [0, 0.05) is 50.0 Å². The molecule has 1 amide bonds. The Balaban J connectivity index is 0.000000642. The normalized spacial score (nSPS) is 21.1. The minimum atomic E-state index is -3.62. The molecule has 3 rings (SSSR count). The Kier molecular flexibility index (Phi) is 13.0. The average Bonchev–Trinajstić information content (AvgIpc) is 3.17. The van der Waals surface area contributed by atoms with E-state index in [1.807, 2.05) is 0 Å². The van der Waals surface area contributed by atoms with E-state index in [9.17, 15) is 36.0 Å². The molecule has 5 N–H and O–H groups in total. The molecule has 2 bridgehead atoms. The van der Waals surface area contributed by atoms with Crippen LogP contribution in [0.1, 0.15) is 31.2 Å². The summed E-state index contributed by atoms with van der Waals surface area (Å²) in [6.45, 7) is 0.235. The van der Waals surface area contributed by atoms with E-state index in [0.29, 0.717) is 43.9 Å². The summed E-state index contributed by atoms with van der Waals surface area (Å²) in [6, 6.07) is 0.367. The molecule has 12 nitrogen and oxygen atoms in total. The third-order valence-electron chi connectivity index (χ3n) is 6.69. The number of halogens is 3. The van der Waals surface area contributed by atoms with Gasteiger partial charge in [-0.1, -0.05) is 0 Å². The maximum absolute atomic E-state index is 14.0. The molecular weight excluding hydrogens is 575 g/mol. The van der Waals surface area contributed by atoms with Crippen LogP contribution in [0.4, 0.5) is 18.0 Å². The number of amides is 1. The second-order valence-electron chi connectivity index (χ2n) is 9.55. The zero-order valence-corrected chi connectivity index (χ0v) is 23.1.